The van der Waals surface area contributed by atoms with Gasteiger partial charge < -0.3 is 21.1 Å². The zero-order chi connectivity index (χ0) is 18.1. The number of anilines is 1. The molecule has 1 aromatic carbocycles. The van der Waals surface area contributed by atoms with E-state index in [1.165, 1.54) is 0 Å². The third-order valence-corrected chi connectivity index (χ3v) is 3.27. The summed E-state index contributed by atoms with van der Waals surface area (Å²) in [5, 5.41) is 17.0. The van der Waals surface area contributed by atoms with Gasteiger partial charge in [-0.15, -0.1) is 0 Å². The van der Waals surface area contributed by atoms with E-state index in [9.17, 15) is 14.4 Å². The van der Waals surface area contributed by atoms with Gasteiger partial charge in [-0.25, -0.2) is 9.59 Å². The highest BCUT2D eigenvalue weighted by Gasteiger charge is 2.19. The number of carboxylic acids is 1. The number of nitrogens with one attached hydrogen (secondary N) is 3. The minimum Gasteiger partial charge on any atom is -0.480 e. The molecule has 0 aliphatic carbocycles. The summed E-state index contributed by atoms with van der Waals surface area (Å²) in [6, 6.07) is 5.07. The van der Waals surface area contributed by atoms with E-state index in [-0.39, 0.29) is 12.1 Å². The van der Waals surface area contributed by atoms with Crippen LogP contribution in [0.4, 0.5) is 10.5 Å². The molecule has 24 heavy (non-hydrogen) atoms. The van der Waals surface area contributed by atoms with E-state index in [2.05, 4.69) is 16.0 Å². The lowest BCUT2D eigenvalue weighted by Gasteiger charge is -2.14. The lowest BCUT2D eigenvalue weighted by molar-refractivity contribution is -0.139. The molecule has 7 heteroatoms. The van der Waals surface area contributed by atoms with Crippen molar-refractivity contribution in [1.82, 2.24) is 10.6 Å². The highest BCUT2D eigenvalue weighted by Crippen LogP contribution is 2.10. The summed E-state index contributed by atoms with van der Waals surface area (Å²) in [6.07, 6.45) is 1.98. The van der Waals surface area contributed by atoms with Gasteiger partial charge in [-0.2, -0.15) is 0 Å². The second-order valence-electron chi connectivity index (χ2n) is 5.84. The number of carbonyl (C=O) groups excluding carboxylic acids is 2. The van der Waals surface area contributed by atoms with Crippen LogP contribution in [0, 0.1) is 0 Å². The maximum Gasteiger partial charge on any atom is 0.326 e. The molecule has 1 unspecified atom stereocenters. The molecule has 1 atom stereocenters. The number of urea groups is 1. The maximum atomic E-state index is 12.1. The highest BCUT2D eigenvalue weighted by molar-refractivity contribution is 5.97. The molecule has 3 amide bonds. The van der Waals surface area contributed by atoms with Gasteiger partial charge in [-0.1, -0.05) is 19.8 Å². The predicted molar refractivity (Wildman–Crippen MR) is 92.1 cm³/mol. The van der Waals surface area contributed by atoms with E-state index >= 15 is 0 Å². The van der Waals surface area contributed by atoms with Gasteiger partial charge >= 0.3 is 12.0 Å². The van der Waals surface area contributed by atoms with Crippen LogP contribution in [-0.4, -0.2) is 35.1 Å². The average molecular weight is 335 g/mol. The molecule has 1 aromatic rings. The maximum absolute atomic E-state index is 12.1. The number of carboxylic acid groups (broad SMARTS) is 1. The van der Waals surface area contributed by atoms with Crippen molar-refractivity contribution in [1.29, 1.82) is 0 Å². The van der Waals surface area contributed by atoms with Crippen molar-refractivity contribution in [2.75, 3.05) is 5.32 Å². The van der Waals surface area contributed by atoms with Crippen molar-refractivity contribution >= 4 is 23.6 Å². The molecule has 0 aliphatic heterocycles. The first-order valence-electron chi connectivity index (χ1n) is 8.04. The monoisotopic (exact) mass is 335 g/mol. The van der Waals surface area contributed by atoms with E-state index in [4.69, 9.17) is 5.11 Å². The fraction of sp³-hybridized carbons (Fsp3) is 0.471. The molecule has 0 aromatic heterocycles. The number of hydrogen-bond acceptors (Lipinski definition) is 3. The third-order valence-electron chi connectivity index (χ3n) is 3.27. The van der Waals surface area contributed by atoms with Crippen molar-refractivity contribution in [3.63, 3.8) is 0 Å². The Morgan fingerprint density at radius 2 is 1.71 bits per heavy atom. The van der Waals surface area contributed by atoms with Crippen LogP contribution in [0.15, 0.2) is 24.3 Å². The Morgan fingerprint density at radius 1 is 1.08 bits per heavy atom. The minimum absolute atomic E-state index is 0.0196. The van der Waals surface area contributed by atoms with E-state index in [0.717, 1.165) is 12.8 Å². The molecule has 0 radical (unpaired) electrons. The zero-order valence-corrected chi connectivity index (χ0v) is 14.3. The number of aliphatic carboxylic acids is 1. The van der Waals surface area contributed by atoms with Crippen LogP contribution in [0.3, 0.4) is 0 Å². The molecule has 0 saturated heterocycles. The van der Waals surface area contributed by atoms with Gasteiger partial charge in [0.25, 0.3) is 5.91 Å². The van der Waals surface area contributed by atoms with Gasteiger partial charge in [0, 0.05) is 17.3 Å². The lowest BCUT2D eigenvalue weighted by atomic mass is 10.1. The first kappa shape index (κ1) is 19.5. The largest absolute Gasteiger partial charge is 0.480 e. The Kier molecular flexibility index (Phi) is 7.74. The SMILES string of the molecule is CCCCC(NC(=O)c1ccc(NC(=O)NC(C)C)cc1)C(=O)O. The topological polar surface area (TPSA) is 108 Å². The molecule has 0 saturated carbocycles. The van der Waals surface area contributed by atoms with Gasteiger partial charge in [-0.3, -0.25) is 4.79 Å². The van der Waals surface area contributed by atoms with Gasteiger partial charge in [0.2, 0.25) is 0 Å². The van der Waals surface area contributed by atoms with Crippen molar-refractivity contribution in [2.45, 2.75) is 52.1 Å². The normalized spacial score (nSPS) is 11.7. The molecule has 0 fully saturated rings. The van der Waals surface area contributed by atoms with E-state index in [0.29, 0.717) is 17.7 Å². The molecule has 0 heterocycles. The Labute approximate surface area is 141 Å². The van der Waals surface area contributed by atoms with E-state index in [1.807, 2.05) is 20.8 Å². The second kappa shape index (κ2) is 9.54. The standard InChI is InChI=1S/C17H25N3O4/c1-4-5-6-14(16(22)23)20-15(21)12-7-9-13(10-8-12)19-17(24)18-11(2)3/h7-11,14H,4-6H2,1-3H3,(H,20,21)(H,22,23)(H2,18,19,24). The van der Waals surface area contributed by atoms with Crippen LogP contribution in [0.25, 0.3) is 0 Å². The molecule has 132 valence electrons. The molecule has 4 N–H and O–H groups in total. The smallest absolute Gasteiger partial charge is 0.326 e. The van der Waals surface area contributed by atoms with Crippen LogP contribution in [0.5, 0.6) is 0 Å². The van der Waals surface area contributed by atoms with Crippen LogP contribution >= 0.6 is 0 Å². The van der Waals surface area contributed by atoms with Crippen LogP contribution in [0.2, 0.25) is 0 Å². The molecule has 0 aliphatic rings. The quantitative estimate of drug-likeness (QED) is 0.585. The summed E-state index contributed by atoms with van der Waals surface area (Å²) in [5.74, 6) is -1.49. The Morgan fingerprint density at radius 3 is 2.21 bits per heavy atom. The van der Waals surface area contributed by atoms with Gasteiger partial charge in [0.1, 0.15) is 6.04 Å². The first-order valence-corrected chi connectivity index (χ1v) is 8.04. The van der Waals surface area contributed by atoms with Gasteiger partial charge in [0.15, 0.2) is 0 Å². The Bertz CT molecular complexity index is 570. The molecule has 0 spiro atoms. The number of benzene rings is 1. The van der Waals surface area contributed by atoms with Crippen molar-refractivity contribution in [3.8, 4) is 0 Å². The molecular weight excluding hydrogens is 310 g/mol. The number of amides is 3. The molecule has 1 rings (SSSR count). The average Bonchev–Trinajstić information content (AvgIpc) is 2.50. The fourth-order valence-corrected chi connectivity index (χ4v) is 2.04. The Hall–Kier alpha value is -2.57. The fourth-order valence-electron chi connectivity index (χ4n) is 2.04. The van der Waals surface area contributed by atoms with Gasteiger partial charge in [-0.05, 0) is 44.5 Å². The first-order chi connectivity index (χ1) is 11.3. The number of carbonyl (C=O) groups is 3. The summed E-state index contributed by atoms with van der Waals surface area (Å²) < 4.78 is 0. The van der Waals surface area contributed by atoms with Crippen LogP contribution in [0.1, 0.15) is 50.4 Å². The summed E-state index contributed by atoms with van der Waals surface area (Å²) in [5.41, 5.74) is 0.887. The van der Waals surface area contributed by atoms with E-state index < -0.39 is 17.9 Å². The van der Waals surface area contributed by atoms with Crippen molar-refractivity contribution in [3.05, 3.63) is 29.8 Å². The Balaban J connectivity index is 2.65. The van der Waals surface area contributed by atoms with Crippen molar-refractivity contribution in [2.24, 2.45) is 0 Å². The minimum atomic E-state index is -1.04. The summed E-state index contributed by atoms with van der Waals surface area (Å²) in [6.45, 7) is 5.66. The summed E-state index contributed by atoms with van der Waals surface area (Å²) in [4.78, 5) is 34.9. The van der Waals surface area contributed by atoms with Crippen molar-refractivity contribution < 1.29 is 19.5 Å². The highest BCUT2D eigenvalue weighted by atomic mass is 16.4. The predicted octanol–water partition coefficient (Wildman–Crippen LogP) is 2.59. The molecular formula is C17H25N3O4. The van der Waals surface area contributed by atoms with E-state index in [1.54, 1.807) is 24.3 Å². The lowest BCUT2D eigenvalue weighted by Crippen LogP contribution is -2.40. The molecule has 7 nitrogen and oxygen atoms in total. The number of rotatable bonds is 8. The summed E-state index contributed by atoms with van der Waals surface area (Å²) >= 11 is 0. The third kappa shape index (κ3) is 6.68. The zero-order valence-electron chi connectivity index (χ0n) is 14.3. The summed E-state index contributed by atoms with van der Waals surface area (Å²) in [7, 11) is 0. The van der Waals surface area contributed by atoms with Gasteiger partial charge in [0.05, 0.1) is 0 Å². The van der Waals surface area contributed by atoms with Crippen LogP contribution < -0.4 is 16.0 Å². The number of hydrogen-bond donors (Lipinski definition) is 4. The molecule has 0 bridgehead atoms. The number of unbranched alkanes of at least 4 members (excludes halogenated alkanes) is 1. The van der Waals surface area contributed by atoms with Crippen LogP contribution in [-0.2, 0) is 4.79 Å². The second-order valence-corrected chi connectivity index (χ2v) is 5.84.